The smallest absolute Gasteiger partial charge is 0.257 e. The summed E-state index contributed by atoms with van der Waals surface area (Å²) in [5.41, 5.74) is 1.07. The second-order valence-corrected chi connectivity index (χ2v) is 7.68. The van der Waals surface area contributed by atoms with Gasteiger partial charge in [-0.1, -0.05) is 12.1 Å². The number of nitrogens with zero attached hydrogens (tertiary/aromatic N) is 2. The molecule has 0 aliphatic carbocycles. The highest BCUT2D eigenvalue weighted by Crippen LogP contribution is 2.43. The molecule has 1 fully saturated rings. The molecule has 2 aromatic carbocycles. The Hall–Kier alpha value is -3.35. The van der Waals surface area contributed by atoms with Crippen molar-refractivity contribution in [2.24, 2.45) is 0 Å². The summed E-state index contributed by atoms with van der Waals surface area (Å²) in [5.74, 6) is 0.409. The molecule has 3 amide bonds. The summed E-state index contributed by atoms with van der Waals surface area (Å²) in [7, 11) is 0. The molecule has 156 valence electrons. The van der Waals surface area contributed by atoms with E-state index in [2.05, 4.69) is 5.32 Å². The van der Waals surface area contributed by atoms with Gasteiger partial charge in [0.25, 0.3) is 5.91 Å². The lowest BCUT2D eigenvalue weighted by Gasteiger charge is -2.48. The van der Waals surface area contributed by atoms with Gasteiger partial charge in [-0.15, -0.1) is 0 Å². The predicted octanol–water partition coefficient (Wildman–Crippen LogP) is 3.41. The van der Waals surface area contributed by atoms with E-state index in [9.17, 15) is 14.4 Å². The molecule has 4 rings (SSSR count). The van der Waals surface area contributed by atoms with Crippen LogP contribution in [0, 0.1) is 0 Å². The van der Waals surface area contributed by atoms with Crippen LogP contribution in [0.1, 0.15) is 43.5 Å². The summed E-state index contributed by atoms with van der Waals surface area (Å²) in [5, 5.41) is 2.85. The van der Waals surface area contributed by atoms with Gasteiger partial charge in [0.15, 0.2) is 0 Å². The Morgan fingerprint density at radius 3 is 2.60 bits per heavy atom. The van der Waals surface area contributed by atoms with Gasteiger partial charge in [-0.25, -0.2) is 0 Å². The molecule has 1 N–H and O–H groups in total. The zero-order valence-corrected chi connectivity index (χ0v) is 17.2. The number of carbonyl (C=O) groups is 3. The zero-order valence-electron chi connectivity index (χ0n) is 17.2. The number of fused-ring (bicyclic) bond motifs is 3. The van der Waals surface area contributed by atoms with Gasteiger partial charge in [0, 0.05) is 25.1 Å². The predicted molar refractivity (Wildman–Crippen MR) is 113 cm³/mol. The summed E-state index contributed by atoms with van der Waals surface area (Å²) in [6.45, 7) is 4.62. The van der Waals surface area contributed by atoms with Gasteiger partial charge in [0.2, 0.25) is 11.8 Å². The molecule has 1 atom stereocenters. The van der Waals surface area contributed by atoms with Crippen LogP contribution < -0.4 is 15.0 Å². The molecule has 2 heterocycles. The maximum atomic E-state index is 13.2. The molecule has 0 unspecified atom stereocenters. The van der Waals surface area contributed by atoms with E-state index in [4.69, 9.17) is 4.74 Å². The van der Waals surface area contributed by atoms with Crippen molar-refractivity contribution in [3.63, 3.8) is 0 Å². The van der Waals surface area contributed by atoms with E-state index in [0.717, 1.165) is 5.75 Å². The number of hydrogen-bond acceptors (Lipinski definition) is 4. The van der Waals surface area contributed by atoms with E-state index < -0.39 is 5.66 Å². The lowest BCUT2D eigenvalue weighted by Crippen LogP contribution is -2.62. The van der Waals surface area contributed by atoms with E-state index in [1.807, 2.05) is 26.0 Å². The van der Waals surface area contributed by atoms with Crippen LogP contribution in [0.25, 0.3) is 0 Å². The van der Waals surface area contributed by atoms with E-state index in [1.54, 1.807) is 46.2 Å². The van der Waals surface area contributed by atoms with Gasteiger partial charge in [0.1, 0.15) is 11.4 Å². The number of anilines is 2. The third-order valence-corrected chi connectivity index (χ3v) is 5.76. The van der Waals surface area contributed by atoms with Crippen LogP contribution in [0.5, 0.6) is 5.75 Å². The molecule has 0 bridgehead atoms. The molecule has 2 aliphatic heterocycles. The lowest BCUT2D eigenvalue weighted by atomic mass is 9.98. The van der Waals surface area contributed by atoms with Crippen molar-refractivity contribution in [2.45, 2.75) is 38.8 Å². The first-order chi connectivity index (χ1) is 14.4. The van der Waals surface area contributed by atoms with E-state index in [-0.39, 0.29) is 30.7 Å². The molecule has 0 saturated carbocycles. The average molecular weight is 407 g/mol. The molecule has 7 heteroatoms. The van der Waals surface area contributed by atoms with Crippen LogP contribution in [0.2, 0.25) is 0 Å². The minimum atomic E-state index is -0.748. The summed E-state index contributed by atoms with van der Waals surface area (Å²) in [6, 6.07) is 14.3. The Kier molecular flexibility index (Phi) is 5.20. The fourth-order valence-electron chi connectivity index (χ4n) is 4.28. The highest BCUT2D eigenvalue weighted by atomic mass is 16.5. The van der Waals surface area contributed by atoms with Gasteiger partial charge in [-0.2, -0.15) is 0 Å². The number of amides is 3. The normalized spacial score (nSPS) is 20.1. The number of nitrogens with one attached hydrogen (secondary N) is 1. The SMILES string of the molecule is CCOc1ccc(NC(=O)CCN2C(=O)c3ccccc3N3C(=O)CC[C@]23C)cc1. The summed E-state index contributed by atoms with van der Waals surface area (Å²) in [6.07, 6.45) is 1.07. The second-order valence-electron chi connectivity index (χ2n) is 7.68. The number of hydrogen-bond donors (Lipinski definition) is 1. The van der Waals surface area contributed by atoms with Gasteiger partial charge in [-0.3, -0.25) is 19.3 Å². The Bertz CT molecular complexity index is 988. The van der Waals surface area contributed by atoms with Crippen LogP contribution in [0.3, 0.4) is 0 Å². The maximum absolute atomic E-state index is 13.2. The summed E-state index contributed by atoms with van der Waals surface area (Å²) in [4.78, 5) is 41.7. The van der Waals surface area contributed by atoms with E-state index >= 15 is 0 Å². The molecule has 0 spiro atoms. The highest BCUT2D eigenvalue weighted by Gasteiger charge is 2.52. The van der Waals surface area contributed by atoms with Gasteiger partial charge in [-0.05, 0) is 56.7 Å². The number of ether oxygens (including phenoxy) is 1. The van der Waals surface area contributed by atoms with Crippen LogP contribution in [0.15, 0.2) is 48.5 Å². The van der Waals surface area contributed by atoms with Crippen molar-refractivity contribution in [1.82, 2.24) is 4.90 Å². The van der Waals surface area contributed by atoms with Crippen LogP contribution >= 0.6 is 0 Å². The first-order valence-electron chi connectivity index (χ1n) is 10.2. The van der Waals surface area contributed by atoms with Crippen LogP contribution in [0.4, 0.5) is 11.4 Å². The lowest BCUT2D eigenvalue weighted by molar-refractivity contribution is -0.117. The fourth-order valence-corrected chi connectivity index (χ4v) is 4.28. The topological polar surface area (TPSA) is 79.0 Å². The minimum Gasteiger partial charge on any atom is -0.494 e. The number of carbonyl (C=O) groups excluding carboxylic acids is 3. The summed E-state index contributed by atoms with van der Waals surface area (Å²) < 4.78 is 5.40. The molecule has 7 nitrogen and oxygen atoms in total. The fraction of sp³-hybridized carbons (Fsp3) is 0.348. The Morgan fingerprint density at radius 1 is 1.13 bits per heavy atom. The molecule has 1 saturated heterocycles. The number of para-hydroxylation sites is 1. The van der Waals surface area contributed by atoms with Crippen LogP contribution in [-0.4, -0.2) is 41.4 Å². The first kappa shape index (κ1) is 19.9. The van der Waals surface area contributed by atoms with Crippen molar-refractivity contribution < 1.29 is 19.1 Å². The van der Waals surface area contributed by atoms with Crippen LogP contribution in [-0.2, 0) is 9.59 Å². The Balaban J connectivity index is 1.48. The third kappa shape index (κ3) is 3.40. The maximum Gasteiger partial charge on any atom is 0.257 e. The van der Waals surface area contributed by atoms with Crippen molar-refractivity contribution >= 4 is 29.1 Å². The molecule has 30 heavy (non-hydrogen) atoms. The monoisotopic (exact) mass is 407 g/mol. The number of rotatable bonds is 6. The molecule has 2 aromatic rings. The van der Waals surface area contributed by atoms with Gasteiger partial charge in [0.05, 0.1) is 17.9 Å². The molecular weight excluding hydrogens is 382 g/mol. The van der Waals surface area contributed by atoms with Crippen molar-refractivity contribution in [3.8, 4) is 5.75 Å². The second kappa shape index (κ2) is 7.82. The third-order valence-electron chi connectivity index (χ3n) is 5.76. The zero-order chi connectivity index (χ0) is 21.3. The molecule has 0 aromatic heterocycles. The molecule has 2 aliphatic rings. The van der Waals surface area contributed by atoms with E-state index in [0.29, 0.717) is 36.4 Å². The average Bonchev–Trinajstić information content (AvgIpc) is 3.05. The van der Waals surface area contributed by atoms with E-state index in [1.165, 1.54) is 0 Å². The number of benzene rings is 2. The van der Waals surface area contributed by atoms with Crippen molar-refractivity contribution in [2.75, 3.05) is 23.4 Å². The van der Waals surface area contributed by atoms with Gasteiger partial charge < -0.3 is 15.0 Å². The van der Waals surface area contributed by atoms with Crippen molar-refractivity contribution in [3.05, 3.63) is 54.1 Å². The van der Waals surface area contributed by atoms with Crippen molar-refractivity contribution in [1.29, 1.82) is 0 Å². The largest absolute Gasteiger partial charge is 0.494 e. The minimum absolute atomic E-state index is 0.00119. The standard InChI is InChI=1S/C23H25N3O4/c1-3-30-17-10-8-16(9-11-17)24-20(27)13-15-25-22(29)18-6-4-5-7-19(18)26-21(28)12-14-23(25,26)2/h4-11H,3,12-15H2,1-2H3,(H,24,27)/t23-/m1/s1. The Labute approximate surface area is 175 Å². The first-order valence-corrected chi connectivity index (χ1v) is 10.2. The summed E-state index contributed by atoms with van der Waals surface area (Å²) >= 11 is 0. The molecule has 0 radical (unpaired) electrons. The Morgan fingerprint density at radius 2 is 1.87 bits per heavy atom. The van der Waals surface area contributed by atoms with Gasteiger partial charge >= 0.3 is 0 Å². The molecular formula is C23H25N3O4. The highest BCUT2D eigenvalue weighted by molar-refractivity contribution is 6.10. The quantitative estimate of drug-likeness (QED) is 0.796.